The monoisotopic (exact) mass is 334 g/mol. The summed E-state index contributed by atoms with van der Waals surface area (Å²) in [5.41, 5.74) is 0.590. The van der Waals surface area contributed by atoms with Crippen molar-refractivity contribution in [1.82, 2.24) is 10.2 Å². The lowest BCUT2D eigenvalue weighted by Crippen LogP contribution is -2.45. The standard InChI is InChI=1S/C18H26N2O4/c1-18(2,3)24-17(22)19-15-12-20(11-14(15)16(21)23-4)10-13-8-6-5-7-9-13/h5-9,14-15H,10-12H2,1-4H3,(H,19,22)/t14-,15+/m1/s1. The number of methoxy groups -OCH3 is 1. The number of rotatable bonds is 4. The van der Waals surface area contributed by atoms with E-state index in [0.29, 0.717) is 13.1 Å². The molecule has 1 fully saturated rings. The molecule has 2 atom stereocenters. The highest BCUT2D eigenvalue weighted by atomic mass is 16.6. The van der Waals surface area contributed by atoms with Gasteiger partial charge in [-0.05, 0) is 26.3 Å². The van der Waals surface area contributed by atoms with Gasteiger partial charge in [0.1, 0.15) is 5.60 Å². The van der Waals surface area contributed by atoms with Crippen LogP contribution in [0.25, 0.3) is 0 Å². The van der Waals surface area contributed by atoms with Crippen LogP contribution in [0.3, 0.4) is 0 Å². The van der Waals surface area contributed by atoms with Crippen molar-refractivity contribution in [1.29, 1.82) is 0 Å². The molecule has 132 valence electrons. The molecular formula is C18H26N2O4. The van der Waals surface area contributed by atoms with Gasteiger partial charge in [0, 0.05) is 19.6 Å². The van der Waals surface area contributed by atoms with E-state index < -0.39 is 17.6 Å². The van der Waals surface area contributed by atoms with Gasteiger partial charge in [0.05, 0.1) is 19.1 Å². The number of likely N-dealkylation sites (tertiary alicyclic amines) is 1. The molecule has 1 heterocycles. The number of nitrogens with one attached hydrogen (secondary N) is 1. The first-order chi connectivity index (χ1) is 11.3. The van der Waals surface area contributed by atoms with E-state index >= 15 is 0 Å². The van der Waals surface area contributed by atoms with E-state index in [-0.39, 0.29) is 12.0 Å². The number of benzene rings is 1. The van der Waals surface area contributed by atoms with Crippen LogP contribution in [-0.2, 0) is 20.8 Å². The van der Waals surface area contributed by atoms with E-state index in [2.05, 4.69) is 10.2 Å². The quantitative estimate of drug-likeness (QED) is 0.855. The van der Waals surface area contributed by atoms with Gasteiger partial charge in [-0.3, -0.25) is 9.69 Å². The van der Waals surface area contributed by atoms with E-state index in [1.54, 1.807) is 20.8 Å². The number of ether oxygens (including phenoxy) is 2. The summed E-state index contributed by atoms with van der Waals surface area (Å²) in [6, 6.07) is 9.71. The van der Waals surface area contributed by atoms with Gasteiger partial charge in [-0.25, -0.2) is 4.79 Å². The highest BCUT2D eigenvalue weighted by Gasteiger charge is 2.39. The first-order valence-electron chi connectivity index (χ1n) is 8.12. The van der Waals surface area contributed by atoms with E-state index in [9.17, 15) is 9.59 Å². The number of alkyl carbamates (subject to hydrolysis) is 1. The summed E-state index contributed by atoms with van der Waals surface area (Å²) in [7, 11) is 1.37. The van der Waals surface area contributed by atoms with Crippen LogP contribution in [0, 0.1) is 5.92 Å². The van der Waals surface area contributed by atoms with E-state index in [4.69, 9.17) is 9.47 Å². The van der Waals surface area contributed by atoms with Gasteiger partial charge in [0.15, 0.2) is 0 Å². The maximum Gasteiger partial charge on any atom is 0.407 e. The summed E-state index contributed by atoms with van der Waals surface area (Å²) in [4.78, 5) is 26.2. The lowest BCUT2D eigenvalue weighted by molar-refractivity contribution is -0.145. The van der Waals surface area contributed by atoms with Crippen LogP contribution >= 0.6 is 0 Å². The SMILES string of the molecule is COC(=O)[C@@H]1CN(Cc2ccccc2)C[C@@H]1NC(=O)OC(C)(C)C. The highest BCUT2D eigenvalue weighted by molar-refractivity contribution is 5.76. The second-order valence-electron chi connectivity index (χ2n) is 7.06. The number of nitrogens with zero attached hydrogens (tertiary/aromatic N) is 1. The molecule has 1 saturated heterocycles. The summed E-state index contributed by atoms with van der Waals surface area (Å²) >= 11 is 0. The topological polar surface area (TPSA) is 67.9 Å². The Morgan fingerprint density at radius 3 is 2.46 bits per heavy atom. The molecule has 0 aromatic heterocycles. The summed E-state index contributed by atoms with van der Waals surface area (Å²) in [5, 5.41) is 2.81. The molecule has 1 N–H and O–H groups in total. The summed E-state index contributed by atoms with van der Waals surface area (Å²) in [6.45, 7) is 7.26. The Morgan fingerprint density at radius 2 is 1.88 bits per heavy atom. The number of hydrogen-bond donors (Lipinski definition) is 1. The number of hydrogen-bond acceptors (Lipinski definition) is 5. The molecule has 0 saturated carbocycles. The highest BCUT2D eigenvalue weighted by Crippen LogP contribution is 2.21. The van der Waals surface area contributed by atoms with Gasteiger partial charge in [0.2, 0.25) is 0 Å². The van der Waals surface area contributed by atoms with Crippen LogP contribution in [0.1, 0.15) is 26.3 Å². The molecule has 1 aromatic carbocycles. The minimum absolute atomic E-state index is 0.313. The third-order valence-corrected chi connectivity index (χ3v) is 3.85. The van der Waals surface area contributed by atoms with Crippen molar-refractivity contribution in [2.24, 2.45) is 5.92 Å². The van der Waals surface area contributed by atoms with Crippen LogP contribution in [0.4, 0.5) is 4.79 Å². The average molecular weight is 334 g/mol. The van der Waals surface area contributed by atoms with Crippen molar-refractivity contribution < 1.29 is 19.1 Å². The Morgan fingerprint density at radius 1 is 1.21 bits per heavy atom. The third kappa shape index (κ3) is 5.23. The molecule has 2 rings (SSSR count). The lowest BCUT2D eigenvalue weighted by atomic mass is 10.0. The molecule has 1 aromatic rings. The van der Waals surface area contributed by atoms with Crippen molar-refractivity contribution in [2.45, 2.75) is 39.0 Å². The van der Waals surface area contributed by atoms with Crippen molar-refractivity contribution in [2.75, 3.05) is 20.2 Å². The van der Waals surface area contributed by atoms with Crippen molar-refractivity contribution in [3.8, 4) is 0 Å². The Balaban J connectivity index is 2.01. The van der Waals surface area contributed by atoms with Gasteiger partial charge in [-0.2, -0.15) is 0 Å². The van der Waals surface area contributed by atoms with Gasteiger partial charge in [-0.1, -0.05) is 30.3 Å². The first kappa shape index (κ1) is 18.3. The van der Waals surface area contributed by atoms with E-state index in [1.807, 2.05) is 30.3 Å². The molecule has 0 spiro atoms. The summed E-state index contributed by atoms with van der Waals surface area (Å²) in [6.07, 6.45) is -0.511. The molecule has 0 aliphatic carbocycles. The Hall–Kier alpha value is -2.08. The van der Waals surface area contributed by atoms with Crippen LogP contribution in [-0.4, -0.2) is 48.8 Å². The minimum Gasteiger partial charge on any atom is -0.469 e. The van der Waals surface area contributed by atoms with Gasteiger partial charge in [0.25, 0.3) is 0 Å². The largest absolute Gasteiger partial charge is 0.469 e. The van der Waals surface area contributed by atoms with Crippen LogP contribution in [0.5, 0.6) is 0 Å². The molecule has 6 heteroatoms. The Labute approximate surface area is 143 Å². The predicted molar refractivity (Wildman–Crippen MR) is 90.4 cm³/mol. The molecular weight excluding hydrogens is 308 g/mol. The fraction of sp³-hybridized carbons (Fsp3) is 0.556. The molecule has 0 radical (unpaired) electrons. The van der Waals surface area contributed by atoms with Gasteiger partial charge >= 0.3 is 12.1 Å². The van der Waals surface area contributed by atoms with Gasteiger partial charge in [-0.15, -0.1) is 0 Å². The van der Waals surface area contributed by atoms with E-state index in [0.717, 1.165) is 6.54 Å². The zero-order valence-corrected chi connectivity index (χ0v) is 14.7. The predicted octanol–water partition coefficient (Wildman–Crippen LogP) is 2.18. The average Bonchev–Trinajstić information content (AvgIpc) is 2.87. The smallest absolute Gasteiger partial charge is 0.407 e. The van der Waals surface area contributed by atoms with Crippen LogP contribution in [0.15, 0.2) is 30.3 Å². The lowest BCUT2D eigenvalue weighted by Gasteiger charge is -2.23. The number of carbonyl (C=O) groups is 2. The maximum absolute atomic E-state index is 12.0. The van der Waals surface area contributed by atoms with Gasteiger partial charge < -0.3 is 14.8 Å². The molecule has 1 aliphatic heterocycles. The zero-order valence-electron chi connectivity index (χ0n) is 14.7. The maximum atomic E-state index is 12.0. The fourth-order valence-corrected chi connectivity index (χ4v) is 2.85. The second kappa shape index (κ2) is 7.66. The molecule has 24 heavy (non-hydrogen) atoms. The molecule has 0 bridgehead atoms. The molecule has 0 unspecified atom stereocenters. The Bertz CT molecular complexity index is 568. The Kier molecular flexibility index (Phi) is 5.83. The number of esters is 1. The normalized spacial score (nSPS) is 21.3. The molecule has 1 aliphatic rings. The fourth-order valence-electron chi connectivity index (χ4n) is 2.85. The second-order valence-corrected chi connectivity index (χ2v) is 7.06. The molecule has 6 nitrogen and oxygen atoms in total. The van der Waals surface area contributed by atoms with Crippen molar-refractivity contribution >= 4 is 12.1 Å². The van der Waals surface area contributed by atoms with Crippen LogP contribution in [0.2, 0.25) is 0 Å². The summed E-state index contributed by atoms with van der Waals surface area (Å²) < 4.78 is 10.2. The third-order valence-electron chi connectivity index (χ3n) is 3.85. The minimum atomic E-state index is -0.576. The van der Waals surface area contributed by atoms with Crippen LogP contribution < -0.4 is 5.32 Å². The number of carbonyl (C=O) groups excluding carboxylic acids is 2. The summed E-state index contributed by atoms with van der Waals surface area (Å²) in [5.74, 6) is -0.710. The zero-order chi connectivity index (χ0) is 17.7. The van der Waals surface area contributed by atoms with E-state index in [1.165, 1.54) is 12.7 Å². The first-order valence-corrected chi connectivity index (χ1v) is 8.12. The number of amides is 1. The molecule has 1 amide bonds. The van der Waals surface area contributed by atoms with Crippen molar-refractivity contribution in [3.63, 3.8) is 0 Å². The van der Waals surface area contributed by atoms with Crippen molar-refractivity contribution in [3.05, 3.63) is 35.9 Å².